The summed E-state index contributed by atoms with van der Waals surface area (Å²) in [5, 5.41) is 5.79. The predicted molar refractivity (Wildman–Crippen MR) is 106 cm³/mol. The van der Waals surface area contributed by atoms with Gasteiger partial charge in [-0.2, -0.15) is 5.10 Å². The fourth-order valence-corrected chi connectivity index (χ4v) is 3.74. The number of nitrogens with zero attached hydrogens (tertiary/aromatic N) is 2. The summed E-state index contributed by atoms with van der Waals surface area (Å²) in [6.07, 6.45) is 3.04. The van der Waals surface area contributed by atoms with Crippen molar-refractivity contribution in [3.63, 3.8) is 0 Å². The van der Waals surface area contributed by atoms with Gasteiger partial charge >= 0.3 is 0 Å². The highest BCUT2D eigenvalue weighted by atomic mass is 35.5. The Bertz CT molecular complexity index is 879. The van der Waals surface area contributed by atoms with Crippen LogP contribution >= 0.6 is 11.6 Å². The SMILES string of the molecule is CCc1ccccc1-n1nc(C2CCOCC2)cc1-c1ccc(Cl)cc1. The van der Waals surface area contributed by atoms with Crippen molar-refractivity contribution in [3.8, 4) is 16.9 Å². The van der Waals surface area contributed by atoms with Gasteiger partial charge in [0.15, 0.2) is 0 Å². The molecule has 0 N–H and O–H groups in total. The molecule has 0 aliphatic carbocycles. The Kier molecular flexibility index (Phi) is 5.09. The zero-order chi connectivity index (χ0) is 17.9. The lowest BCUT2D eigenvalue weighted by atomic mass is 9.96. The molecule has 0 atom stereocenters. The van der Waals surface area contributed by atoms with Crippen LogP contribution in [0.2, 0.25) is 5.02 Å². The lowest BCUT2D eigenvalue weighted by molar-refractivity contribution is 0.0844. The van der Waals surface area contributed by atoms with E-state index in [2.05, 4.69) is 54.1 Å². The van der Waals surface area contributed by atoms with E-state index in [9.17, 15) is 0 Å². The average molecular weight is 367 g/mol. The summed E-state index contributed by atoms with van der Waals surface area (Å²) >= 11 is 6.09. The van der Waals surface area contributed by atoms with Gasteiger partial charge in [0.05, 0.1) is 17.1 Å². The molecule has 1 fully saturated rings. The number of benzene rings is 2. The lowest BCUT2D eigenvalue weighted by Gasteiger charge is -2.20. The number of aryl methyl sites for hydroxylation is 1. The molecule has 2 aromatic carbocycles. The molecule has 4 rings (SSSR count). The van der Waals surface area contributed by atoms with Crippen molar-refractivity contribution < 1.29 is 4.74 Å². The third kappa shape index (κ3) is 3.42. The van der Waals surface area contributed by atoms with Gasteiger partial charge in [0.25, 0.3) is 0 Å². The third-order valence-corrected chi connectivity index (χ3v) is 5.36. The minimum Gasteiger partial charge on any atom is -0.381 e. The molecule has 0 radical (unpaired) electrons. The van der Waals surface area contributed by atoms with Crippen LogP contribution in [-0.4, -0.2) is 23.0 Å². The molecule has 0 unspecified atom stereocenters. The van der Waals surface area contributed by atoms with Gasteiger partial charge in [0.2, 0.25) is 0 Å². The second-order valence-electron chi connectivity index (χ2n) is 6.74. The maximum absolute atomic E-state index is 6.09. The first-order chi connectivity index (χ1) is 12.8. The van der Waals surface area contributed by atoms with Crippen LogP contribution in [0.3, 0.4) is 0 Å². The van der Waals surface area contributed by atoms with Crippen LogP contribution in [-0.2, 0) is 11.2 Å². The maximum atomic E-state index is 6.09. The first-order valence-electron chi connectivity index (χ1n) is 9.28. The van der Waals surface area contributed by atoms with E-state index in [-0.39, 0.29) is 0 Å². The van der Waals surface area contributed by atoms with E-state index in [1.54, 1.807) is 0 Å². The van der Waals surface area contributed by atoms with Crippen molar-refractivity contribution in [1.82, 2.24) is 9.78 Å². The minimum atomic E-state index is 0.463. The molecule has 3 nitrogen and oxygen atoms in total. The Labute approximate surface area is 159 Å². The summed E-state index contributed by atoms with van der Waals surface area (Å²) in [5.74, 6) is 0.463. The Hall–Kier alpha value is -2.10. The smallest absolute Gasteiger partial charge is 0.0744 e. The fraction of sp³-hybridized carbons (Fsp3) is 0.318. The van der Waals surface area contributed by atoms with Crippen LogP contribution in [0.5, 0.6) is 0 Å². The number of ether oxygens (including phenoxy) is 1. The molecule has 134 valence electrons. The summed E-state index contributed by atoms with van der Waals surface area (Å²) < 4.78 is 7.63. The average Bonchev–Trinajstić information content (AvgIpc) is 3.14. The van der Waals surface area contributed by atoms with Gasteiger partial charge in [-0.15, -0.1) is 0 Å². The molecule has 4 heteroatoms. The van der Waals surface area contributed by atoms with Crippen LogP contribution in [0.15, 0.2) is 54.6 Å². The van der Waals surface area contributed by atoms with Crippen molar-refractivity contribution in [3.05, 3.63) is 70.9 Å². The largest absolute Gasteiger partial charge is 0.381 e. The second kappa shape index (κ2) is 7.65. The van der Waals surface area contributed by atoms with Crippen LogP contribution in [0.1, 0.15) is 36.9 Å². The number of halogens is 1. The number of para-hydroxylation sites is 1. The first kappa shape index (κ1) is 17.3. The second-order valence-corrected chi connectivity index (χ2v) is 7.18. The van der Waals surface area contributed by atoms with Crippen LogP contribution in [0.25, 0.3) is 16.9 Å². The zero-order valence-corrected chi connectivity index (χ0v) is 15.7. The normalized spacial score (nSPS) is 15.3. The fourth-order valence-electron chi connectivity index (χ4n) is 3.62. The standard InChI is InChI=1S/C22H23ClN2O/c1-2-16-5-3-4-6-21(16)25-22(18-7-9-19(23)10-8-18)15-20(24-25)17-11-13-26-14-12-17/h3-10,15,17H,2,11-14H2,1H3. The molecular formula is C22H23ClN2O. The summed E-state index contributed by atoms with van der Waals surface area (Å²) in [7, 11) is 0. The van der Waals surface area contributed by atoms with Gasteiger partial charge in [-0.05, 0) is 49.1 Å². The Balaban J connectivity index is 1.84. The monoisotopic (exact) mass is 366 g/mol. The molecule has 0 saturated carbocycles. The highest BCUT2D eigenvalue weighted by Crippen LogP contribution is 2.32. The van der Waals surface area contributed by atoms with Gasteiger partial charge in [-0.25, -0.2) is 4.68 Å². The summed E-state index contributed by atoms with van der Waals surface area (Å²) in [5.41, 5.74) is 5.85. The summed E-state index contributed by atoms with van der Waals surface area (Å²) in [4.78, 5) is 0. The van der Waals surface area contributed by atoms with Crippen LogP contribution in [0.4, 0.5) is 0 Å². The molecule has 0 amide bonds. The van der Waals surface area contributed by atoms with Gasteiger partial charge < -0.3 is 4.74 Å². The van der Waals surface area contributed by atoms with Crippen molar-refractivity contribution >= 4 is 11.6 Å². The highest BCUT2D eigenvalue weighted by Gasteiger charge is 2.22. The topological polar surface area (TPSA) is 27.1 Å². The maximum Gasteiger partial charge on any atom is 0.0744 e. The Morgan fingerprint density at radius 2 is 1.81 bits per heavy atom. The molecule has 0 spiro atoms. The van der Waals surface area contributed by atoms with Gasteiger partial charge in [-0.3, -0.25) is 0 Å². The van der Waals surface area contributed by atoms with Crippen LogP contribution in [0, 0.1) is 0 Å². The van der Waals surface area contributed by atoms with E-state index < -0.39 is 0 Å². The molecule has 26 heavy (non-hydrogen) atoms. The van der Waals surface area contributed by atoms with E-state index >= 15 is 0 Å². The van der Waals surface area contributed by atoms with E-state index in [1.165, 1.54) is 5.56 Å². The van der Waals surface area contributed by atoms with Gasteiger partial charge in [0.1, 0.15) is 0 Å². The Morgan fingerprint density at radius 1 is 1.08 bits per heavy atom. The molecule has 1 aliphatic heterocycles. The quantitative estimate of drug-likeness (QED) is 0.596. The van der Waals surface area contributed by atoms with E-state index in [0.29, 0.717) is 5.92 Å². The first-order valence-corrected chi connectivity index (χ1v) is 9.66. The van der Waals surface area contributed by atoms with Crippen molar-refractivity contribution in [2.24, 2.45) is 0 Å². The minimum absolute atomic E-state index is 0.463. The predicted octanol–water partition coefficient (Wildman–Crippen LogP) is 5.65. The van der Waals surface area contributed by atoms with Gasteiger partial charge in [-0.1, -0.05) is 48.9 Å². The molecule has 0 bridgehead atoms. The Morgan fingerprint density at radius 3 is 2.54 bits per heavy atom. The number of rotatable bonds is 4. The summed E-state index contributed by atoms with van der Waals surface area (Å²) in [6.45, 7) is 3.82. The molecule has 3 aromatic rings. The molecule has 1 aliphatic rings. The zero-order valence-electron chi connectivity index (χ0n) is 15.0. The molecular weight excluding hydrogens is 344 g/mol. The van der Waals surface area contributed by atoms with E-state index in [0.717, 1.165) is 60.1 Å². The lowest BCUT2D eigenvalue weighted by Crippen LogP contribution is -2.14. The summed E-state index contributed by atoms with van der Waals surface area (Å²) in [6, 6.07) is 18.8. The van der Waals surface area contributed by atoms with Crippen LogP contribution < -0.4 is 0 Å². The molecule has 1 aromatic heterocycles. The van der Waals surface area contributed by atoms with Crippen molar-refractivity contribution in [2.45, 2.75) is 32.1 Å². The van der Waals surface area contributed by atoms with Gasteiger partial charge in [0, 0.05) is 29.7 Å². The third-order valence-electron chi connectivity index (χ3n) is 5.11. The molecule has 1 saturated heterocycles. The van der Waals surface area contributed by atoms with E-state index in [4.69, 9.17) is 21.4 Å². The number of hydrogen-bond donors (Lipinski definition) is 0. The van der Waals surface area contributed by atoms with E-state index in [1.807, 2.05) is 12.1 Å². The number of aromatic nitrogens is 2. The molecule has 2 heterocycles. The highest BCUT2D eigenvalue weighted by molar-refractivity contribution is 6.30. The number of hydrogen-bond acceptors (Lipinski definition) is 2. The van der Waals surface area contributed by atoms with Crippen molar-refractivity contribution in [2.75, 3.05) is 13.2 Å². The van der Waals surface area contributed by atoms with Crippen molar-refractivity contribution in [1.29, 1.82) is 0 Å².